The number of hydrogen-bond acceptors (Lipinski definition) is 6. The lowest BCUT2D eigenvalue weighted by atomic mass is 10.2. The van der Waals surface area contributed by atoms with Crippen LogP contribution in [0.2, 0.25) is 0 Å². The largest absolute Gasteiger partial charge is 0.466 e. The molecule has 0 aliphatic carbocycles. The Kier molecular flexibility index (Phi) is 8.38. The third-order valence-corrected chi connectivity index (χ3v) is 6.03. The Morgan fingerprint density at radius 2 is 1.91 bits per heavy atom. The minimum absolute atomic E-state index is 0.00498. The Balaban J connectivity index is 1.81. The van der Waals surface area contributed by atoms with Gasteiger partial charge in [0.05, 0.1) is 40.3 Å². The van der Waals surface area contributed by atoms with E-state index in [1.165, 1.54) is 23.9 Å². The van der Waals surface area contributed by atoms with Crippen molar-refractivity contribution in [1.82, 2.24) is 0 Å². The second-order valence-corrected chi connectivity index (χ2v) is 8.55. The van der Waals surface area contributed by atoms with Crippen LogP contribution in [0.3, 0.4) is 0 Å². The fourth-order valence-electron chi connectivity index (χ4n) is 3.17. The van der Waals surface area contributed by atoms with Crippen molar-refractivity contribution in [2.45, 2.75) is 38.1 Å². The molecule has 0 saturated heterocycles. The lowest BCUT2D eigenvalue weighted by Gasteiger charge is -2.16. The molecule has 0 spiro atoms. The van der Waals surface area contributed by atoms with Gasteiger partial charge in [-0.3, -0.25) is 9.59 Å². The van der Waals surface area contributed by atoms with Gasteiger partial charge in [0, 0.05) is 11.4 Å². The molecule has 1 aliphatic rings. The molecule has 0 radical (unpaired) electrons. The average molecular weight is 492 g/mol. The van der Waals surface area contributed by atoms with Gasteiger partial charge >= 0.3 is 12.1 Å². The highest BCUT2D eigenvalue weighted by atomic mass is 32.2. The van der Waals surface area contributed by atoms with Crippen LogP contribution >= 0.6 is 11.8 Å². The minimum Gasteiger partial charge on any atom is -0.466 e. The van der Waals surface area contributed by atoms with Gasteiger partial charge < -0.3 is 15.4 Å². The average Bonchev–Trinajstić information content (AvgIpc) is 2.95. The van der Waals surface area contributed by atoms with E-state index in [0.29, 0.717) is 28.5 Å². The third kappa shape index (κ3) is 6.86. The summed E-state index contributed by atoms with van der Waals surface area (Å²) < 4.78 is 44.0. The van der Waals surface area contributed by atoms with E-state index in [1.807, 2.05) is 18.2 Å². The molecule has 3 rings (SSSR count). The van der Waals surface area contributed by atoms with E-state index in [9.17, 15) is 22.8 Å². The van der Waals surface area contributed by atoms with E-state index in [1.54, 1.807) is 26.0 Å². The zero-order valence-electron chi connectivity index (χ0n) is 18.6. The van der Waals surface area contributed by atoms with Crippen LogP contribution in [0.25, 0.3) is 0 Å². The molecular formula is C24H24F3N3O3S. The van der Waals surface area contributed by atoms with Crippen LogP contribution in [0.5, 0.6) is 0 Å². The summed E-state index contributed by atoms with van der Waals surface area (Å²) in [6.07, 6.45) is -2.42. The lowest BCUT2D eigenvalue weighted by molar-refractivity contribution is -0.142. The molecule has 0 saturated carbocycles. The van der Waals surface area contributed by atoms with Crippen molar-refractivity contribution >= 4 is 45.7 Å². The molecule has 0 bridgehead atoms. The number of aliphatic imine (C=N–C) groups is 1. The normalized spacial score (nSPS) is 14.0. The van der Waals surface area contributed by atoms with Crippen LogP contribution in [-0.4, -0.2) is 28.8 Å². The molecule has 1 heterocycles. The van der Waals surface area contributed by atoms with Crippen molar-refractivity contribution in [2.24, 2.45) is 4.99 Å². The number of thioether (sulfide) groups is 1. The number of anilines is 2. The lowest BCUT2D eigenvalue weighted by Crippen LogP contribution is -2.26. The third-order valence-electron chi connectivity index (χ3n) is 4.75. The quantitative estimate of drug-likeness (QED) is 0.454. The summed E-state index contributed by atoms with van der Waals surface area (Å²) in [5.74, 6) is -0.848. The van der Waals surface area contributed by atoms with Crippen molar-refractivity contribution in [2.75, 3.05) is 17.2 Å². The molecule has 0 aromatic heterocycles. The number of ether oxygens (including phenoxy) is 1. The summed E-state index contributed by atoms with van der Waals surface area (Å²) in [4.78, 5) is 29.5. The number of nitrogens with one attached hydrogen (secondary N) is 2. The molecule has 34 heavy (non-hydrogen) atoms. The molecule has 6 nitrogen and oxygen atoms in total. The first-order valence-electron chi connectivity index (χ1n) is 10.6. The van der Waals surface area contributed by atoms with E-state index < -0.39 is 28.9 Å². The molecular weight excluding hydrogens is 467 g/mol. The number of rotatable bonds is 7. The van der Waals surface area contributed by atoms with Crippen LogP contribution in [0.4, 0.5) is 30.2 Å². The minimum atomic E-state index is -4.50. The Hall–Kier alpha value is -3.27. The summed E-state index contributed by atoms with van der Waals surface area (Å²) >= 11 is 1.17. The maximum atomic E-state index is 13.0. The Morgan fingerprint density at radius 1 is 1.15 bits per heavy atom. The van der Waals surface area contributed by atoms with Crippen molar-refractivity contribution < 1.29 is 27.5 Å². The number of amides is 1. The van der Waals surface area contributed by atoms with Crippen molar-refractivity contribution in [3.63, 3.8) is 0 Å². The highest BCUT2D eigenvalue weighted by Gasteiger charge is 2.31. The Bertz CT molecular complexity index is 1120. The standard InChI is InChI=1S/C24H24F3N3O3S/c1-3-20(23(32)29-16-9-7-8-15(12-16)24(25,26)27)34-21-13-17(14-22(31)33-4-2)28-18-10-5-6-11-19(18)30-21/h5-13,20,28H,3-4,14H2,1-2H3,(H,29,32)/t20-/m0/s1. The molecule has 2 aromatic carbocycles. The van der Waals surface area contributed by atoms with Gasteiger partial charge in [0.1, 0.15) is 0 Å². The number of halogens is 3. The molecule has 1 aliphatic heterocycles. The topological polar surface area (TPSA) is 79.8 Å². The van der Waals surface area contributed by atoms with Crippen LogP contribution in [0, 0.1) is 0 Å². The van der Waals surface area contributed by atoms with E-state index in [0.717, 1.165) is 12.1 Å². The van der Waals surface area contributed by atoms with Crippen LogP contribution in [-0.2, 0) is 20.5 Å². The van der Waals surface area contributed by atoms with Gasteiger partial charge in [0.25, 0.3) is 0 Å². The van der Waals surface area contributed by atoms with Gasteiger partial charge in [0.2, 0.25) is 5.91 Å². The SMILES string of the molecule is CCOC(=O)CC1=CC(S[C@@H](CC)C(=O)Nc2cccc(C(F)(F)F)c2)=Nc2ccccc2N1. The molecule has 1 amide bonds. The monoisotopic (exact) mass is 491 g/mol. The van der Waals surface area contributed by atoms with E-state index in [-0.39, 0.29) is 18.7 Å². The molecule has 180 valence electrons. The first-order chi connectivity index (χ1) is 16.2. The number of fused-ring (bicyclic) bond motifs is 1. The van der Waals surface area contributed by atoms with E-state index in [2.05, 4.69) is 15.6 Å². The highest BCUT2D eigenvalue weighted by Crippen LogP contribution is 2.33. The molecule has 0 unspecified atom stereocenters. The summed E-state index contributed by atoms with van der Waals surface area (Å²) in [6.45, 7) is 3.78. The van der Waals surface area contributed by atoms with Gasteiger partial charge in [0.15, 0.2) is 0 Å². The zero-order chi connectivity index (χ0) is 24.7. The second kappa shape index (κ2) is 11.2. The van der Waals surface area contributed by atoms with E-state index >= 15 is 0 Å². The van der Waals surface area contributed by atoms with Gasteiger partial charge in [-0.25, -0.2) is 4.99 Å². The van der Waals surface area contributed by atoms with Gasteiger partial charge in [-0.05, 0) is 49.8 Å². The first-order valence-corrected chi connectivity index (χ1v) is 11.5. The van der Waals surface area contributed by atoms with Crippen molar-refractivity contribution in [3.05, 3.63) is 65.9 Å². The number of para-hydroxylation sites is 2. The summed E-state index contributed by atoms with van der Waals surface area (Å²) in [6, 6.07) is 11.8. The fraction of sp³-hybridized carbons (Fsp3) is 0.292. The van der Waals surface area contributed by atoms with Crippen molar-refractivity contribution in [3.8, 4) is 0 Å². The fourth-order valence-corrected chi connectivity index (χ4v) is 4.16. The van der Waals surface area contributed by atoms with Crippen molar-refractivity contribution in [1.29, 1.82) is 0 Å². The number of hydrogen-bond donors (Lipinski definition) is 2. The molecule has 0 fully saturated rings. The molecule has 1 atom stereocenters. The number of carbonyl (C=O) groups is 2. The number of carbonyl (C=O) groups excluding carboxylic acids is 2. The maximum absolute atomic E-state index is 13.0. The Labute approximate surface area is 199 Å². The first kappa shape index (κ1) is 25.4. The summed E-state index contributed by atoms with van der Waals surface area (Å²) in [5.41, 5.74) is 1.12. The predicted molar refractivity (Wildman–Crippen MR) is 128 cm³/mol. The van der Waals surface area contributed by atoms with Gasteiger partial charge in [-0.15, -0.1) is 0 Å². The predicted octanol–water partition coefficient (Wildman–Crippen LogP) is 6.15. The number of benzene rings is 2. The second-order valence-electron chi connectivity index (χ2n) is 7.33. The maximum Gasteiger partial charge on any atom is 0.416 e. The van der Waals surface area contributed by atoms with E-state index in [4.69, 9.17) is 4.74 Å². The number of alkyl halides is 3. The smallest absolute Gasteiger partial charge is 0.416 e. The van der Waals surface area contributed by atoms with Crippen LogP contribution in [0.15, 0.2) is 65.3 Å². The number of nitrogens with zero attached hydrogens (tertiary/aromatic N) is 1. The van der Waals surface area contributed by atoms with Crippen LogP contribution < -0.4 is 10.6 Å². The molecule has 2 aromatic rings. The number of esters is 1. The van der Waals surface area contributed by atoms with Crippen LogP contribution in [0.1, 0.15) is 32.3 Å². The van der Waals surface area contributed by atoms with Gasteiger partial charge in [-0.1, -0.05) is 36.9 Å². The molecule has 2 N–H and O–H groups in total. The summed E-state index contributed by atoms with van der Waals surface area (Å²) in [5, 5.41) is 5.61. The van der Waals surface area contributed by atoms with Gasteiger partial charge in [-0.2, -0.15) is 13.2 Å². The molecule has 10 heteroatoms. The highest BCUT2D eigenvalue weighted by molar-refractivity contribution is 8.15. The Morgan fingerprint density at radius 3 is 2.62 bits per heavy atom. The summed E-state index contributed by atoms with van der Waals surface area (Å²) in [7, 11) is 0. The zero-order valence-corrected chi connectivity index (χ0v) is 19.4.